The number of aliphatic hydroxyl groups excluding tert-OH is 3. The lowest BCUT2D eigenvalue weighted by molar-refractivity contribution is -0.137. The molecule has 0 aliphatic rings. The lowest BCUT2D eigenvalue weighted by Crippen LogP contribution is -2.55. The molecule has 0 unspecified atom stereocenters. The highest BCUT2D eigenvalue weighted by molar-refractivity contribution is 5.78. The number of allylic oxidation sites excluding steroid dienone is 4. The molecule has 13 nitrogen and oxygen atoms in total. The minimum atomic E-state index is -0.981. The van der Waals surface area contributed by atoms with Gasteiger partial charge >= 0.3 is 29.0 Å². The van der Waals surface area contributed by atoms with Crippen molar-refractivity contribution in [2.24, 2.45) is 0 Å². The normalized spacial score (nSPS) is 10.7. The molecule has 43 heavy (non-hydrogen) atoms. The summed E-state index contributed by atoms with van der Waals surface area (Å²) in [7, 11) is 0. The Morgan fingerprint density at radius 2 is 1.02 bits per heavy atom. The number of aliphatic carboxylic acids is 2. The Morgan fingerprint density at radius 1 is 0.651 bits per heavy atom. The third-order valence-electron chi connectivity index (χ3n) is 5.87. The first-order valence-electron chi connectivity index (χ1n) is 14.8. The zero-order valence-corrected chi connectivity index (χ0v) is 25.4. The number of carboxylic acid groups (broad SMARTS) is 2. The van der Waals surface area contributed by atoms with Crippen molar-refractivity contribution in [3.8, 4) is 0 Å². The fraction of sp³-hybridized carbons (Fsp3) is 0.633. The van der Waals surface area contributed by atoms with Gasteiger partial charge in [0.1, 0.15) is 0 Å². The molecule has 1 aromatic heterocycles. The van der Waals surface area contributed by atoms with Crippen molar-refractivity contribution in [3.63, 3.8) is 0 Å². The highest BCUT2D eigenvalue weighted by Crippen LogP contribution is 2.08. The van der Waals surface area contributed by atoms with Gasteiger partial charge in [0.15, 0.2) is 0 Å². The maximum absolute atomic E-state index is 11.8. The molecule has 0 radical (unpaired) electrons. The van der Waals surface area contributed by atoms with Crippen LogP contribution in [0.2, 0.25) is 0 Å². The minimum Gasteiger partial charge on any atom is -0.481 e. The smallest absolute Gasteiger partial charge is 0.336 e. The Kier molecular flexibility index (Phi) is 27.6. The van der Waals surface area contributed by atoms with E-state index in [9.17, 15) is 24.0 Å². The van der Waals surface area contributed by atoms with E-state index in [1.165, 1.54) is 44.9 Å². The first-order valence-corrected chi connectivity index (χ1v) is 14.8. The Bertz CT molecular complexity index is 1020. The van der Waals surface area contributed by atoms with Crippen molar-refractivity contribution in [2.75, 3.05) is 19.8 Å². The molecule has 1 rings (SSSR count). The molecule has 0 saturated heterocycles. The van der Waals surface area contributed by atoms with E-state index in [1.54, 1.807) is 0 Å². The van der Waals surface area contributed by atoms with Gasteiger partial charge in [-0.2, -0.15) is 0 Å². The summed E-state index contributed by atoms with van der Waals surface area (Å²) in [5.74, 6) is -1.65. The molecule has 0 aliphatic heterocycles. The van der Waals surface area contributed by atoms with E-state index in [2.05, 4.69) is 37.8 Å². The van der Waals surface area contributed by atoms with Crippen LogP contribution in [-0.4, -0.2) is 71.0 Å². The van der Waals surface area contributed by atoms with Crippen LogP contribution in [-0.2, 0) is 29.2 Å². The molecule has 0 amide bonds. The predicted octanol–water partition coefficient (Wildman–Crippen LogP) is 2.29. The monoisotopic (exact) mass is 613 g/mol. The summed E-state index contributed by atoms with van der Waals surface area (Å²) in [6, 6.07) is 0. The molecule has 0 fully saturated rings. The number of aliphatic hydroxyl groups is 3. The van der Waals surface area contributed by atoms with Gasteiger partial charge in [0.2, 0.25) is 0 Å². The largest absolute Gasteiger partial charge is 0.481 e. The first kappa shape index (κ1) is 41.6. The minimum absolute atomic E-state index is 0.255. The number of carbonyl (C=O) groups is 2. The number of carboxylic acids is 2. The summed E-state index contributed by atoms with van der Waals surface area (Å²) < 4.78 is 2.06. The molecule has 5 N–H and O–H groups in total. The quantitative estimate of drug-likeness (QED) is 0.0778. The molecular weight excluding hydrogens is 562 g/mol. The molecule has 13 heteroatoms. The zero-order chi connectivity index (χ0) is 32.9. The van der Waals surface area contributed by atoms with Crippen LogP contribution in [0.15, 0.2) is 51.3 Å². The van der Waals surface area contributed by atoms with Crippen LogP contribution in [0.5, 0.6) is 0 Å². The van der Waals surface area contributed by atoms with E-state index in [4.69, 9.17) is 25.5 Å². The Labute approximate surface area is 252 Å². The van der Waals surface area contributed by atoms with Crippen LogP contribution in [0, 0.1) is 0 Å². The molecule has 0 aliphatic carbocycles. The van der Waals surface area contributed by atoms with Crippen molar-refractivity contribution in [2.45, 2.75) is 104 Å². The topological polar surface area (TPSA) is 201 Å². The Morgan fingerprint density at radius 3 is 1.37 bits per heavy atom. The standard InChI is InChI=1S/C18H32O2.C9H15N3O6.C3H4O2/c1-2-3-4-5-6-7-8-9-10-11-12-13-14-15-16-17-18(19)20;13-4-1-10-7(16)11(2-5-14)9(18)12(3-6-15)8(10)17;1-2-3(4)5/h6-7,9-10H,2-5,8,11-17H2,1H3,(H,19,20);13-15H,1-6H2;2H,1H2,(H,4,5). The van der Waals surface area contributed by atoms with Crippen molar-refractivity contribution in [1.29, 1.82) is 0 Å². The summed E-state index contributed by atoms with van der Waals surface area (Å²) in [5.41, 5.74) is -2.66. The third kappa shape index (κ3) is 21.8. The Balaban J connectivity index is 0. The number of hydrogen-bond acceptors (Lipinski definition) is 8. The Hall–Kier alpha value is -3.55. The third-order valence-corrected chi connectivity index (χ3v) is 5.87. The molecule has 0 saturated carbocycles. The molecule has 1 heterocycles. The highest BCUT2D eigenvalue weighted by Gasteiger charge is 2.14. The zero-order valence-electron chi connectivity index (χ0n) is 25.4. The van der Waals surface area contributed by atoms with E-state index >= 15 is 0 Å². The van der Waals surface area contributed by atoms with Gasteiger partial charge in [-0.3, -0.25) is 4.79 Å². The van der Waals surface area contributed by atoms with Crippen LogP contribution in [0.1, 0.15) is 84.0 Å². The van der Waals surface area contributed by atoms with E-state index in [0.717, 1.165) is 31.8 Å². The summed E-state index contributed by atoms with van der Waals surface area (Å²) in [4.78, 5) is 54.9. The van der Waals surface area contributed by atoms with E-state index in [1.807, 2.05) is 0 Å². The van der Waals surface area contributed by atoms with Crippen LogP contribution < -0.4 is 17.1 Å². The molecule has 0 bridgehead atoms. The summed E-state index contributed by atoms with van der Waals surface area (Å²) in [6.45, 7) is 3.11. The fourth-order valence-corrected chi connectivity index (χ4v) is 3.64. The number of aromatic nitrogens is 3. The number of unbranched alkanes of at least 4 members (excludes halogenated alkanes) is 8. The van der Waals surface area contributed by atoms with Gasteiger partial charge in [0.25, 0.3) is 0 Å². The maximum Gasteiger partial charge on any atom is 0.336 e. The molecule has 0 spiro atoms. The molecule has 0 aromatic carbocycles. The average Bonchev–Trinajstić information content (AvgIpc) is 2.98. The van der Waals surface area contributed by atoms with E-state index in [0.29, 0.717) is 20.1 Å². The van der Waals surface area contributed by atoms with Crippen molar-refractivity contribution >= 4 is 11.9 Å². The molecule has 1 aromatic rings. The second-order valence-electron chi connectivity index (χ2n) is 9.39. The highest BCUT2D eigenvalue weighted by atomic mass is 16.4. The average molecular weight is 614 g/mol. The SMILES string of the molecule is C=CC(=O)O.CCCCCC=CCC=CCCCCCCCC(=O)O.O=c1n(CCO)c(=O)n(CCO)c(=O)n1CCO. The fourth-order valence-electron chi connectivity index (χ4n) is 3.64. The maximum atomic E-state index is 11.8. The first-order chi connectivity index (χ1) is 20.6. The van der Waals surface area contributed by atoms with Crippen LogP contribution in [0.4, 0.5) is 0 Å². The van der Waals surface area contributed by atoms with Crippen LogP contribution >= 0.6 is 0 Å². The molecule has 0 atom stereocenters. The van der Waals surface area contributed by atoms with Gasteiger partial charge in [-0.25, -0.2) is 32.9 Å². The van der Waals surface area contributed by atoms with Gasteiger partial charge in [-0.15, -0.1) is 0 Å². The van der Waals surface area contributed by atoms with E-state index in [-0.39, 0.29) is 19.6 Å². The predicted molar refractivity (Wildman–Crippen MR) is 165 cm³/mol. The van der Waals surface area contributed by atoms with Crippen LogP contribution in [0.25, 0.3) is 0 Å². The van der Waals surface area contributed by atoms with Crippen molar-refractivity contribution in [3.05, 3.63) is 68.4 Å². The van der Waals surface area contributed by atoms with Gasteiger partial charge in [0, 0.05) is 12.5 Å². The van der Waals surface area contributed by atoms with Gasteiger partial charge in [-0.05, 0) is 38.5 Å². The van der Waals surface area contributed by atoms with Gasteiger partial charge < -0.3 is 25.5 Å². The van der Waals surface area contributed by atoms with E-state index < -0.39 is 48.8 Å². The van der Waals surface area contributed by atoms with Gasteiger partial charge in [-0.1, -0.05) is 69.9 Å². The molecular formula is C30H51N3O10. The molecule has 246 valence electrons. The summed E-state index contributed by atoms with van der Waals surface area (Å²) in [5, 5.41) is 42.5. The number of rotatable bonds is 21. The van der Waals surface area contributed by atoms with Crippen LogP contribution in [0.3, 0.4) is 0 Å². The second kappa shape index (κ2) is 28.6. The van der Waals surface area contributed by atoms with Crippen molar-refractivity contribution < 1.29 is 35.1 Å². The summed E-state index contributed by atoms with van der Waals surface area (Å²) in [6.07, 6.45) is 23.1. The second-order valence-corrected chi connectivity index (χ2v) is 9.39. The van der Waals surface area contributed by atoms with Gasteiger partial charge in [0.05, 0.1) is 39.5 Å². The number of hydrogen-bond donors (Lipinski definition) is 5. The lowest BCUT2D eigenvalue weighted by Gasteiger charge is -2.11. The van der Waals surface area contributed by atoms with Crippen molar-refractivity contribution in [1.82, 2.24) is 13.7 Å². The number of nitrogens with zero attached hydrogens (tertiary/aromatic N) is 3. The summed E-state index contributed by atoms with van der Waals surface area (Å²) >= 11 is 0. The lowest BCUT2D eigenvalue weighted by atomic mass is 10.1.